The Balaban J connectivity index is 2.93. The lowest BCUT2D eigenvalue weighted by Crippen LogP contribution is -2.04. The van der Waals surface area contributed by atoms with Crippen molar-refractivity contribution in [1.82, 2.24) is 4.98 Å². The number of carbonyl (C=O) groups is 1. The van der Waals surface area contributed by atoms with Crippen LogP contribution in [0.3, 0.4) is 0 Å². The van der Waals surface area contributed by atoms with Crippen LogP contribution in [0.1, 0.15) is 16.1 Å². The zero-order valence-electron chi connectivity index (χ0n) is 6.58. The van der Waals surface area contributed by atoms with Crippen molar-refractivity contribution in [1.29, 1.82) is 0 Å². The molecule has 1 aromatic rings. The van der Waals surface area contributed by atoms with Crippen LogP contribution in [-0.2, 0) is 10.1 Å². The predicted molar refractivity (Wildman–Crippen MR) is 48.2 cm³/mol. The highest BCUT2D eigenvalue weighted by atomic mass is 79.9. The van der Waals surface area contributed by atoms with E-state index >= 15 is 0 Å². The van der Waals surface area contributed by atoms with Crippen LogP contribution < -0.4 is 0 Å². The predicted octanol–water partition coefficient (Wildman–Crippen LogP) is 1.76. The number of halogens is 1. The van der Waals surface area contributed by atoms with Gasteiger partial charge in [0.1, 0.15) is 5.69 Å². The lowest BCUT2D eigenvalue weighted by atomic mass is 10.2. The Kier molecular flexibility index (Phi) is 3.22. The monoisotopic (exact) mass is 229 g/mol. The van der Waals surface area contributed by atoms with Crippen molar-refractivity contribution in [2.24, 2.45) is 0 Å². The fraction of sp³-hybridized carbons (Fsp3) is 0.250. The minimum Gasteiger partial charge on any atom is -0.464 e. The molecule has 0 atom stereocenters. The first-order chi connectivity index (χ1) is 5.77. The summed E-state index contributed by atoms with van der Waals surface area (Å²) in [5, 5.41) is 0.708. The standard InChI is InChI=1S/C8H8BrNO2/c1-12-8(11)7-4-6(5-9)2-3-10-7/h2-4H,5H2,1H3. The second-order valence-electron chi connectivity index (χ2n) is 2.17. The molecule has 0 aliphatic heterocycles. The minimum atomic E-state index is -0.405. The van der Waals surface area contributed by atoms with Crippen molar-refractivity contribution >= 4 is 21.9 Å². The number of rotatable bonds is 2. The van der Waals surface area contributed by atoms with Gasteiger partial charge in [0.25, 0.3) is 0 Å². The first kappa shape index (κ1) is 9.19. The zero-order chi connectivity index (χ0) is 8.97. The molecule has 4 heteroatoms. The molecule has 0 aromatic carbocycles. The fourth-order valence-corrected chi connectivity index (χ4v) is 1.12. The van der Waals surface area contributed by atoms with E-state index in [1.165, 1.54) is 7.11 Å². The summed E-state index contributed by atoms with van der Waals surface area (Å²) in [6.45, 7) is 0. The third-order valence-corrected chi connectivity index (χ3v) is 2.02. The Morgan fingerprint density at radius 2 is 2.50 bits per heavy atom. The van der Waals surface area contributed by atoms with Gasteiger partial charge in [-0.2, -0.15) is 0 Å². The molecule has 1 heterocycles. The topological polar surface area (TPSA) is 39.2 Å². The fourth-order valence-electron chi connectivity index (χ4n) is 0.774. The summed E-state index contributed by atoms with van der Waals surface area (Å²) in [6.07, 6.45) is 1.59. The van der Waals surface area contributed by atoms with E-state index in [4.69, 9.17) is 0 Å². The number of ether oxygens (including phenoxy) is 1. The number of carbonyl (C=O) groups excluding carboxylic acids is 1. The van der Waals surface area contributed by atoms with Gasteiger partial charge in [0.15, 0.2) is 0 Å². The van der Waals surface area contributed by atoms with Crippen LogP contribution in [0.15, 0.2) is 18.3 Å². The van der Waals surface area contributed by atoms with E-state index in [-0.39, 0.29) is 0 Å². The third kappa shape index (κ3) is 2.04. The zero-order valence-corrected chi connectivity index (χ0v) is 8.17. The van der Waals surface area contributed by atoms with Crippen LogP contribution in [0.4, 0.5) is 0 Å². The molecule has 0 bridgehead atoms. The van der Waals surface area contributed by atoms with Crippen LogP contribution >= 0.6 is 15.9 Å². The maximum absolute atomic E-state index is 11.0. The quantitative estimate of drug-likeness (QED) is 0.574. The van der Waals surface area contributed by atoms with E-state index < -0.39 is 5.97 Å². The van der Waals surface area contributed by atoms with Gasteiger partial charge in [-0.15, -0.1) is 0 Å². The molecule has 0 aliphatic carbocycles. The van der Waals surface area contributed by atoms with Crippen LogP contribution in [0.5, 0.6) is 0 Å². The number of nitrogens with zero attached hydrogens (tertiary/aromatic N) is 1. The summed E-state index contributed by atoms with van der Waals surface area (Å²) >= 11 is 3.28. The molecule has 0 amide bonds. The van der Waals surface area contributed by atoms with Crippen LogP contribution in [0, 0.1) is 0 Å². The summed E-state index contributed by atoms with van der Waals surface area (Å²) in [4.78, 5) is 14.8. The number of hydrogen-bond donors (Lipinski definition) is 0. The van der Waals surface area contributed by atoms with Crippen LogP contribution in [0.25, 0.3) is 0 Å². The third-order valence-electron chi connectivity index (χ3n) is 1.37. The molecule has 0 radical (unpaired) electrons. The molecular formula is C8H8BrNO2. The highest BCUT2D eigenvalue weighted by Gasteiger charge is 2.06. The number of hydrogen-bond acceptors (Lipinski definition) is 3. The van der Waals surface area contributed by atoms with Crippen molar-refractivity contribution < 1.29 is 9.53 Å². The SMILES string of the molecule is COC(=O)c1cc(CBr)ccn1. The lowest BCUT2D eigenvalue weighted by Gasteiger charge is -1.99. The molecule has 3 nitrogen and oxygen atoms in total. The van der Waals surface area contributed by atoms with Crippen LogP contribution in [0.2, 0.25) is 0 Å². The van der Waals surface area contributed by atoms with E-state index in [9.17, 15) is 4.79 Å². The Morgan fingerprint density at radius 1 is 1.75 bits per heavy atom. The summed E-state index contributed by atoms with van der Waals surface area (Å²) in [7, 11) is 1.34. The molecule has 12 heavy (non-hydrogen) atoms. The van der Waals surface area contributed by atoms with Gasteiger partial charge in [0.05, 0.1) is 7.11 Å². The van der Waals surface area contributed by atoms with Crippen molar-refractivity contribution in [3.8, 4) is 0 Å². The van der Waals surface area contributed by atoms with Crippen LogP contribution in [-0.4, -0.2) is 18.1 Å². The minimum absolute atomic E-state index is 0.342. The van der Waals surface area contributed by atoms with Crippen molar-refractivity contribution in [2.75, 3.05) is 7.11 Å². The Hall–Kier alpha value is -0.900. The Morgan fingerprint density at radius 3 is 3.08 bits per heavy atom. The second-order valence-corrected chi connectivity index (χ2v) is 2.74. The summed E-state index contributed by atoms with van der Waals surface area (Å²) in [6, 6.07) is 3.53. The van der Waals surface area contributed by atoms with Gasteiger partial charge in [0.2, 0.25) is 0 Å². The second kappa shape index (κ2) is 4.21. The van der Waals surface area contributed by atoms with Gasteiger partial charge < -0.3 is 4.74 Å². The summed E-state index contributed by atoms with van der Waals surface area (Å²) in [5.74, 6) is -0.405. The maximum atomic E-state index is 11.0. The lowest BCUT2D eigenvalue weighted by molar-refractivity contribution is 0.0594. The number of methoxy groups -OCH3 is 1. The van der Waals surface area contributed by atoms with Crippen molar-refractivity contribution in [2.45, 2.75) is 5.33 Å². The van der Waals surface area contributed by atoms with Gasteiger partial charge in [-0.25, -0.2) is 9.78 Å². The molecule has 0 spiro atoms. The maximum Gasteiger partial charge on any atom is 0.356 e. The molecule has 0 saturated heterocycles. The molecular weight excluding hydrogens is 222 g/mol. The average molecular weight is 230 g/mol. The van der Waals surface area contributed by atoms with Crippen molar-refractivity contribution in [3.63, 3.8) is 0 Å². The van der Waals surface area contributed by atoms with Gasteiger partial charge >= 0.3 is 5.97 Å². The number of alkyl halides is 1. The largest absolute Gasteiger partial charge is 0.464 e. The Bertz CT molecular complexity index is 288. The molecule has 1 rings (SSSR count). The van der Waals surface area contributed by atoms with Gasteiger partial charge in [0, 0.05) is 11.5 Å². The molecule has 0 N–H and O–H groups in total. The molecule has 0 aliphatic rings. The van der Waals surface area contributed by atoms with E-state index in [0.29, 0.717) is 11.0 Å². The summed E-state index contributed by atoms with van der Waals surface area (Å²) < 4.78 is 4.52. The highest BCUT2D eigenvalue weighted by molar-refractivity contribution is 9.08. The van der Waals surface area contributed by atoms with Gasteiger partial charge in [-0.1, -0.05) is 15.9 Å². The first-order valence-electron chi connectivity index (χ1n) is 3.37. The number of esters is 1. The molecule has 0 fully saturated rings. The van der Waals surface area contributed by atoms with E-state index in [2.05, 4.69) is 25.7 Å². The Labute approximate surface area is 78.9 Å². The molecule has 0 saturated carbocycles. The normalized spacial score (nSPS) is 9.50. The van der Waals surface area contributed by atoms with Gasteiger partial charge in [-0.05, 0) is 17.7 Å². The number of aromatic nitrogens is 1. The average Bonchev–Trinajstić information content (AvgIpc) is 2.17. The van der Waals surface area contributed by atoms with Crippen molar-refractivity contribution in [3.05, 3.63) is 29.6 Å². The smallest absolute Gasteiger partial charge is 0.356 e. The molecule has 0 unspecified atom stereocenters. The number of pyridine rings is 1. The van der Waals surface area contributed by atoms with E-state index in [0.717, 1.165) is 5.56 Å². The summed E-state index contributed by atoms with van der Waals surface area (Å²) in [5.41, 5.74) is 1.35. The van der Waals surface area contributed by atoms with Gasteiger partial charge in [-0.3, -0.25) is 0 Å². The molecule has 64 valence electrons. The van der Waals surface area contributed by atoms with E-state index in [1.807, 2.05) is 6.07 Å². The molecule has 1 aromatic heterocycles. The highest BCUT2D eigenvalue weighted by Crippen LogP contribution is 2.06. The first-order valence-corrected chi connectivity index (χ1v) is 4.49. The van der Waals surface area contributed by atoms with E-state index in [1.54, 1.807) is 12.3 Å².